The molecule has 0 radical (unpaired) electrons. The molecule has 1 atom stereocenters. The lowest BCUT2D eigenvalue weighted by Gasteiger charge is -2.15. The van der Waals surface area contributed by atoms with Gasteiger partial charge in [0, 0.05) is 26.1 Å². The number of ketones is 1. The molecule has 1 fully saturated rings. The number of Topliss-reactive ketones (excluding diaryl/α,β-unsaturated/α-hetero) is 1. The number of para-hydroxylation sites is 1. The molecule has 1 aromatic heterocycles. The fourth-order valence-electron chi connectivity index (χ4n) is 2.96. The predicted octanol–water partition coefficient (Wildman–Crippen LogP) is 1.13. The summed E-state index contributed by atoms with van der Waals surface area (Å²) in [7, 11) is 1.48. The van der Waals surface area contributed by atoms with Gasteiger partial charge in [-0.05, 0) is 18.6 Å². The molecule has 1 aliphatic heterocycles. The van der Waals surface area contributed by atoms with E-state index in [1.165, 1.54) is 13.3 Å². The molecule has 1 saturated heterocycles. The monoisotopic (exact) mass is 328 g/mol. The minimum absolute atomic E-state index is 0.0367. The molecule has 1 amide bonds. The van der Waals surface area contributed by atoms with E-state index in [9.17, 15) is 9.59 Å². The molecule has 7 nitrogen and oxygen atoms in total. The van der Waals surface area contributed by atoms with Gasteiger partial charge in [0.2, 0.25) is 5.91 Å². The molecule has 1 aromatic carbocycles. The zero-order valence-electron chi connectivity index (χ0n) is 13.5. The maximum atomic E-state index is 12.7. The zero-order chi connectivity index (χ0) is 17.1. The minimum Gasteiger partial charge on any atom is -0.383 e. The van der Waals surface area contributed by atoms with E-state index in [4.69, 9.17) is 10.5 Å². The van der Waals surface area contributed by atoms with Crippen LogP contribution in [0.2, 0.25) is 0 Å². The average molecular weight is 328 g/mol. The van der Waals surface area contributed by atoms with E-state index in [2.05, 4.69) is 5.10 Å². The summed E-state index contributed by atoms with van der Waals surface area (Å²) in [6.07, 6.45) is 2.13. The number of aromatic nitrogens is 2. The normalized spacial score (nSPS) is 17.2. The second-order valence-corrected chi connectivity index (χ2v) is 5.81. The van der Waals surface area contributed by atoms with Gasteiger partial charge in [-0.3, -0.25) is 9.59 Å². The molecule has 7 heteroatoms. The number of carbonyl (C=O) groups excluding carboxylic acids is 2. The summed E-state index contributed by atoms with van der Waals surface area (Å²) in [5.41, 5.74) is 7.34. The van der Waals surface area contributed by atoms with Gasteiger partial charge in [0.05, 0.1) is 17.4 Å². The number of hydrogen-bond acceptors (Lipinski definition) is 5. The van der Waals surface area contributed by atoms with Crippen LogP contribution in [0.3, 0.4) is 0 Å². The van der Waals surface area contributed by atoms with Crippen molar-refractivity contribution >= 4 is 17.5 Å². The number of amides is 1. The van der Waals surface area contributed by atoms with Crippen LogP contribution in [0.25, 0.3) is 5.69 Å². The third-order valence-corrected chi connectivity index (χ3v) is 4.25. The van der Waals surface area contributed by atoms with Crippen LogP contribution in [-0.4, -0.2) is 53.2 Å². The van der Waals surface area contributed by atoms with Crippen LogP contribution in [-0.2, 0) is 9.53 Å². The SMILES string of the molecule is COCC(=O)N1CCC(C(=O)c2cnn(-c3ccccc3)c2N)C1. The van der Waals surface area contributed by atoms with Crippen LogP contribution in [0.5, 0.6) is 0 Å². The molecule has 2 heterocycles. The van der Waals surface area contributed by atoms with Gasteiger partial charge < -0.3 is 15.4 Å². The highest BCUT2D eigenvalue weighted by Crippen LogP contribution is 2.25. The van der Waals surface area contributed by atoms with Crippen LogP contribution in [0.1, 0.15) is 16.8 Å². The molecule has 1 aliphatic rings. The molecule has 0 bridgehead atoms. The fourth-order valence-corrected chi connectivity index (χ4v) is 2.96. The lowest BCUT2D eigenvalue weighted by atomic mass is 9.98. The van der Waals surface area contributed by atoms with Gasteiger partial charge >= 0.3 is 0 Å². The number of rotatable bonds is 5. The second-order valence-electron chi connectivity index (χ2n) is 5.81. The Kier molecular flexibility index (Phi) is 4.61. The van der Waals surface area contributed by atoms with E-state index >= 15 is 0 Å². The maximum Gasteiger partial charge on any atom is 0.248 e. The largest absolute Gasteiger partial charge is 0.383 e. The lowest BCUT2D eigenvalue weighted by Crippen LogP contribution is -2.32. The number of methoxy groups -OCH3 is 1. The van der Waals surface area contributed by atoms with Crippen molar-refractivity contribution < 1.29 is 14.3 Å². The standard InChI is InChI=1S/C17H20N4O3/c1-24-11-15(22)20-8-7-12(10-20)16(23)14-9-19-21(17(14)18)13-5-3-2-4-6-13/h2-6,9,12H,7-8,10-11,18H2,1H3. The summed E-state index contributed by atoms with van der Waals surface area (Å²) in [5.74, 6) is -0.0856. The number of anilines is 1. The van der Waals surface area contributed by atoms with Crippen molar-refractivity contribution in [3.8, 4) is 5.69 Å². The van der Waals surface area contributed by atoms with Gasteiger partial charge in [0.25, 0.3) is 0 Å². The number of hydrogen-bond donors (Lipinski definition) is 1. The quantitative estimate of drug-likeness (QED) is 0.831. The van der Waals surface area contributed by atoms with Gasteiger partial charge in [-0.1, -0.05) is 18.2 Å². The lowest BCUT2D eigenvalue weighted by molar-refractivity contribution is -0.134. The number of ether oxygens (including phenoxy) is 1. The Balaban J connectivity index is 1.75. The van der Waals surface area contributed by atoms with Crippen molar-refractivity contribution in [2.45, 2.75) is 6.42 Å². The van der Waals surface area contributed by atoms with E-state index in [0.29, 0.717) is 30.9 Å². The number of carbonyl (C=O) groups is 2. The molecule has 2 N–H and O–H groups in total. The molecule has 0 saturated carbocycles. The maximum absolute atomic E-state index is 12.7. The van der Waals surface area contributed by atoms with Crippen molar-refractivity contribution in [3.05, 3.63) is 42.1 Å². The number of nitrogens with two attached hydrogens (primary N) is 1. The first-order valence-electron chi connectivity index (χ1n) is 7.81. The van der Waals surface area contributed by atoms with Gasteiger partial charge in [0.1, 0.15) is 12.4 Å². The van der Waals surface area contributed by atoms with Crippen molar-refractivity contribution in [2.24, 2.45) is 5.92 Å². The average Bonchev–Trinajstić information content (AvgIpc) is 3.22. The molecule has 2 aromatic rings. The van der Waals surface area contributed by atoms with Gasteiger partial charge in [-0.25, -0.2) is 4.68 Å². The molecule has 0 aliphatic carbocycles. The molecule has 1 unspecified atom stereocenters. The van der Waals surface area contributed by atoms with Crippen molar-refractivity contribution in [3.63, 3.8) is 0 Å². The summed E-state index contributed by atoms with van der Waals surface area (Å²) in [6, 6.07) is 9.42. The van der Waals surface area contributed by atoms with Crippen LogP contribution in [0, 0.1) is 5.92 Å². The number of likely N-dealkylation sites (tertiary alicyclic amines) is 1. The Hall–Kier alpha value is -2.67. The Labute approximate surface area is 140 Å². The summed E-state index contributed by atoms with van der Waals surface area (Å²) in [4.78, 5) is 26.2. The van der Waals surface area contributed by atoms with Crippen molar-refractivity contribution in [1.29, 1.82) is 0 Å². The summed E-state index contributed by atoms with van der Waals surface area (Å²) in [5, 5.41) is 4.23. The molecule has 126 valence electrons. The van der Waals surface area contributed by atoms with Crippen LogP contribution < -0.4 is 5.73 Å². The molecule has 24 heavy (non-hydrogen) atoms. The Morgan fingerprint density at radius 2 is 2.08 bits per heavy atom. The third kappa shape index (κ3) is 3.03. The van der Waals surface area contributed by atoms with Crippen LogP contribution in [0.4, 0.5) is 5.82 Å². The smallest absolute Gasteiger partial charge is 0.248 e. The van der Waals surface area contributed by atoms with Gasteiger partial charge in [-0.2, -0.15) is 5.10 Å². The summed E-state index contributed by atoms with van der Waals surface area (Å²) in [6.45, 7) is 0.997. The Morgan fingerprint density at radius 3 is 2.79 bits per heavy atom. The van der Waals surface area contributed by atoms with E-state index in [-0.39, 0.29) is 24.2 Å². The second kappa shape index (κ2) is 6.84. The van der Waals surface area contributed by atoms with Crippen molar-refractivity contribution in [1.82, 2.24) is 14.7 Å². The van der Waals surface area contributed by atoms with Gasteiger partial charge in [0.15, 0.2) is 5.78 Å². The van der Waals surface area contributed by atoms with Crippen LogP contribution in [0.15, 0.2) is 36.5 Å². The highest BCUT2D eigenvalue weighted by molar-refractivity contribution is 6.02. The Bertz CT molecular complexity index is 742. The van der Waals surface area contributed by atoms with E-state index < -0.39 is 0 Å². The van der Waals surface area contributed by atoms with Crippen LogP contribution >= 0.6 is 0 Å². The first-order chi connectivity index (χ1) is 11.6. The van der Waals surface area contributed by atoms with E-state index in [0.717, 1.165) is 5.69 Å². The van der Waals surface area contributed by atoms with E-state index in [1.807, 2.05) is 30.3 Å². The zero-order valence-corrected chi connectivity index (χ0v) is 13.5. The molecule has 0 spiro atoms. The third-order valence-electron chi connectivity index (χ3n) is 4.25. The first-order valence-corrected chi connectivity index (χ1v) is 7.81. The minimum atomic E-state index is -0.249. The highest BCUT2D eigenvalue weighted by Gasteiger charge is 2.33. The van der Waals surface area contributed by atoms with Crippen molar-refractivity contribution in [2.75, 3.05) is 32.5 Å². The predicted molar refractivity (Wildman–Crippen MR) is 88.9 cm³/mol. The topological polar surface area (TPSA) is 90.5 Å². The molecule has 3 rings (SSSR count). The molecular weight excluding hydrogens is 308 g/mol. The fraction of sp³-hybridized carbons (Fsp3) is 0.353. The van der Waals surface area contributed by atoms with E-state index in [1.54, 1.807) is 9.58 Å². The van der Waals surface area contributed by atoms with Gasteiger partial charge in [-0.15, -0.1) is 0 Å². The summed E-state index contributed by atoms with van der Waals surface area (Å²) >= 11 is 0. The number of benzene rings is 1. The Morgan fingerprint density at radius 1 is 1.33 bits per heavy atom. The summed E-state index contributed by atoms with van der Waals surface area (Å²) < 4.78 is 6.41. The number of nitrogens with zero attached hydrogens (tertiary/aromatic N) is 3. The number of nitrogen functional groups attached to an aromatic ring is 1. The molecular formula is C17H20N4O3. The highest BCUT2D eigenvalue weighted by atomic mass is 16.5. The first kappa shape index (κ1) is 16.2.